The summed E-state index contributed by atoms with van der Waals surface area (Å²) in [7, 11) is 1.71. The van der Waals surface area contributed by atoms with E-state index in [1.807, 2.05) is 18.2 Å². The van der Waals surface area contributed by atoms with E-state index in [-0.39, 0.29) is 0 Å². The second kappa shape index (κ2) is 8.45. The Hall–Kier alpha value is -0.840. The first-order valence-electron chi connectivity index (χ1n) is 6.90. The van der Waals surface area contributed by atoms with Crippen LogP contribution in [0.4, 0.5) is 5.69 Å². The van der Waals surface area contributed by atoms with Crippen LogP contribution in [0.2, 0.25) is 5.02 Å². The van der Waals surface area contributed by atoms with Gasteiger partial charge >= 0.3 is 0 Å². The van der Waals surface area contributed by atoms with Gasteiger partial charge in [0, 0.05) is 36.0 Å². The number of anilines is 1. The molecular formula is C15H23ClN2OS. The number of ether oxygens (including phenoxy) is 1. The Labute approximate surface area is 132 Å². The van der Waals surface area contributed by atoms with E-state index in [4.69, 9.17) is 34.3 Å². The molecule has 1 rings (SSSR count). The molecule has 0 saturated carbocycles. The zero-order valence-corrected chi connectivity index (χ0v) is 13.9. The van der Waals surface area contributed by atoms with E-state index in [0.29, 0.717) is 22.7 Å². The van der Waals surface area contributed by atoms with Crippen molar-refractivity contribution in [3.8, 4) is 0 Å². The smallest absolute Gasteiger partial charge is 0.106 e. The predicted octanol–water partition coefficient (Wildman–Crippen LogP) is 3.62. The second-order valence-electron chi connectivity index (χ2n) is 4.68. The molecule has 1 aromatic carbocycles. The average Bonchev–Trinajstić information content (AvgIpc) is 2.43. The summed E-state index contributed by atoms with van der Waals surface area (Å²) in [6.07, 6.45) is 2.11. The molecule has 5 heteroatoms. The summed E-state index contributed by atoms with van der Waals surface area (Å²) >= 11 is 11.2. The third-order valence-corrected chi connectivity index (χ3v) is 3.91. The number of hydrogen-bond acceptors (Lipinski definition) is 3. The molecule has 112 valence electrons. The van der Waals surface area contributed by atoms with Gasteiger partial charge in [0.05, 0.1) is 6.61 Å². The van der Waals surface area contributed by atoms with E-state index in [9.17, 15) is 0 Å². The van der Waals surface area contributed by atoms with Crippen LogP contribution in [-0.2, 0) is 4.74 Å². The fourth-order valence-electron chi connectivity index (χ4n) is 2.37. The van der Waals surface area contributed by atoms with Crippen LogP contribution >= 0.6 is 23.8 Å². The highest BCUT2D eigenvalue weighted by atomic mass is 35.5. The Kier molecular flexibility index (Phi) is 7.27. The van der Waals surface area contributed by atoms with E-state index < -0.39 is 0 Å². The lowest BCUT2D eigenvalue weighted by atomic mass is 10.1. The Morgan fingerprint density at radius 1 is 1.40 bits per heavy atom. The van der Waals surface area contributed by atoms with Gasteiger partial charge in [0.15, 0.2) is 0 Å². The second-order valence-corrected chi connectivity index (χ2v) is 5.56. The number of nitrogens with zero attached hydrogens (tertiary/aromatic N) is 1. The Bertz CT molecular complexity index is 449. The van der Waals surface area contributed by atoms with Crippen molar-refractivity contribution in [2.24, 2.45) is 5.73 Å². The monoisotopic (exact) mass is 314 g/mol. The fraction of sp³-hybridized carbons (Fsp3) is 0.533. The minimum absolute atomic E-state index is 0.371. The maximum Gasteiger partial charge on any atom is 0.106 e. The van der Waals surface area contributed by atoms with Gasteiger partial charge in [-0.05, 0) is 31.0 Å². The van der Waals surface area contributed by atoms with Gasteiger partial charge in [-0.25, -0.2) is 0 Å². The van der Waals surface area contributed by atoms with Crippen LogP contribution < -0.4 is 10.6 Å². The number of nitrogens with two attached hydrogens (primary N) is 1. The quantitative estimate of drug-likeness (QED) is 0.744. The molecule has 0 unspecified atom stereocenters. The maximum atomic E-state index is 6.06. The summed E-state index contributed by atoms with van der Waals surface area (Å²) in [5.74, 6) is 0. The highest BCUT2D eigenvalue weighted by Gasteiger charge is 2.19. The number of methoxy groups -OCH3 is 1. The van der Waals surface area contributed by atoms with Gasteiger partial charge in [0.2, 0.25) is 0 Å². The molecule has 0 aromatic heterocycles. The molecule has 2 N–H and O–H groups in total. The fourth-order valence-corrected chi connectivity index (χ4v) is 2.71. The van der Waals surface area contributed by atoms with Gasteiger partial charge < -0.3 is 15.4 Å². The summed E-state index contributed by atoms with van der Waals surface area (Å²) in [6, 6.07) is 6.13. The largest absolute Gasteiger partial charge is 0.389 e. The third kappa shape index (κ3) is 4.33. The van der Waals surface area contributed by atoms with Crippen LogP contribution in [-0.4, -0.2) is 31.3 Å². The molecule has 0 aliphatic carbocycles. The van der Waals surface area contributed by atoms with E-state index in [0.717, 1.165) is 30.6 Å². The van der Waals surface area contributed by atoms with Crippen molar-refractivity contribution in [2.75, 3.05) is 25.2 Å². The van der Waals surface area contributed by atoms with Crippen LogP contribution in [0.25, 0.3) is 0 Å². The summed E-state index contributed by atoms with van der Waals surface area (Å²) in [5.41, 5.74) is 7.71. The van der Waals surface area contributed by atoms with Crippen molar-refractivity contribution in [3.63, 3.8) is 0 Å². The lowest BCUT2D eigenvalue weighted by Crippen LogP contribution is -2.38. The molecule has 3 nitrogen and oxygen atoms in total. The predicted molar refractivity (Wildman–Crippen MR) is 90.9 cm³/mol. The van der Waals surface area contributed by atoms with E-state index in [1.54, 1.807) is 7.11 Å². The SMILES string of the molecule is CCC(CC)N(CCOC)c1ccc(Cl)cc1C(N)=S. The van der Waals surface area contributed by atoms with Crippen molar-refractivity contribution in [3.05, 3.63) is 28.8 Å². The third-order valence-electron chi connectivity index (χ3n) is 3.45. The number of thiocarbonyl (C=S) groups is 1. The van der Waals surface area contributed by atoms with Gasteiger partial charge in [-0.2, -0.15) is 0 Å². The molecule has 0 heterocycles. The molecule has 0 amide bonds. The zero-order valence-electron chi connectivity index (χ0n) is 12.4. The summed E-state index contributed by atoms with van der Waals surface area (Å²) in [5, 5.41) is 0.646. The van der Waals surface area contributed by atoms with E-state index >= 15 is 0 Å². The van der Waals surface area contributed by atoms with Gasteiger partial charge in [-0.15, -0.1) is 0 Å². The van der Waals surface area contributed by atoms with E-state index in [1.165, 1.54) is 0 Å². The first-order chi connectivity index (χ1) is 9.54. The topological polar surface area (TPSA) is 38.5 Å². The van der Waals surface area contributed by atoms with Crippen LogP contribution in [0.15, 0.2) is 18.2 Å². The van der Waals surface area contributed by atoms with Crippen molar-refractivity contribution < 1.29 is 4.74 Å². The minimum atomic E-state index is 0.371. The first-order valence-corrected chi connectivity index (χ1v) is 7.68. The summed E-state index contributed by atoms with van der Waals surface area (Å²) in [6.45, 7) is 5.84. The van der Waals surface area contributed by atoms with Crippen molar-refractivity contribution in [1.82, 2.24) is 0 Å². The molecule has 20 heavy (non-hydrogen) atoms. The lowest BCUT2D eigenvalue weighted by molar-refractivity contribution is 0.202. The number of benzene rings is 1. The molecule has 0 aliphatic rings. The molecule has 0 saturated heterocycles. The normalized spacial score (nSPS) is 10.8. The van der Waals surface area contributed by atoms with Crippen LogP contribution in [0, 0.1) is 0 Å². The van der Waals surface area contributed by atoms with Gasteiger partial charge in [0.1, 0.15) is 4.99 Å². The van der Waals surface area contributed by atoms with Gasteiger partial charge in [-0.3, -0.25) is 0 Å². The van der Waals surface area contributed by atoms with Gasteiger partial charge in [0.25, 0.3) is 0 Å². The first kappa shape index (κ1) is 17.2. The molecule has 0 bridgehead atoms. The summed E-state index contributed by atoms with van der Waals surface area (Å²) in [4.78, 5) is 2.68. The van der Waals surface area contributed by atoms with Crippen molar-refractivity contribution in [2.45, 2.75) is 32.7 Å². The van der Waals surface area contributed by atoms with Crippen molar-refractivity contribution in [1.29, 1.82) is 0 Å². The highest BCUT2D eigenvalue weighted by Crippen LogP contribution is 2.27. The molecular weight excluding hydrogens is 292 g/mol. The maximum absolute atomic E-state index is 6.06. The molecule has 0 radical (unpaired) electrons. The van der Waals surface area contributed by atoms with Crippen LogP contribution in [0.5, 0.6) is 0 Å². The number of rotatable bonds is 8. The summed E-state index contributed by atoms with van der Waals surface area (Å²) < 4.78 is 5.23. The minimum Gasteiger partial charge on any atom is -0.389 e. The average molecular weight is 315 g/mol. The molecule has 1 aromatic rings. The Balaban J connectivity index is 3.21. The molecule has 0 atom stereocenters. The standard InChI is InChI=1S/C15H23ClN2OS/c1-4-12(5-2)18(8-9-19-3)14-7-6-11(16)10-13(14)15(17)20/h6-7,10,12H,4-5,8-9H2,1-3H3,(H2,17,20). The number of hydrogen-bond donors (Lipinski definition) is 1. The molecule has 0 spiro atoms. The van der Waals surface area contributed by atoms with Crippen molar-refractivity contribution >= 4 is 34.5 Å². The van der Waals surface area contributed by atoms with Crippen LogP contribution in [0.1, 0.15) is 32.3 Å². The Morgan fingerprint density at radius 3 is 2.55 bits per heavy atom. The molecule has 0 aliphatic heterocycles. The van der Waals surface area contributed by atoms with E-state index in [2.05, 4.69) is 18.7 Å². The van der Waals surface area contributed by atoms with Gasteiger partial charge in [-0.1, -0.05) is 37.7 Å². The zero-order chi connectivity index (χ0) is 15.1. The Morgan fingerprint density at radius 2 is 2.05 bits per heavy atom. The highest BCUT2D eigenvalue weighted by molar-refractivity contribution is 7.80. The van der Waals surface area contributed by atoms with Crippen LogP contribution in [0.3, 0.4) is 0 Å². The lowest BCUT2D eigenvalue weighted by Gasteiger charge is -2.34. The number of halogens is 1. The molecule has 0 fully saturated rings.